The van der Waals surface area contributed by atoms with Crippen molar-refractivity contribution in [2.75, 3.05) is 32.7 Å². The Morgan fingerprint density at radius 1 is 1.15 bits per heavy atom. The van der Waals surface area contributed by atoms with Gasteiger partial charge >= 0.3 is 0 Å². The molecule has 0 saturated heterocycles. The Morgan fingerprint density at radius 2 is 1.88 bits per heavy atom. The lowest BCUT2D eigenvalue weighted by molar-refractivity contribution is -0.117. The number of carbonyl (C=O) groups is 2. The van der Waals surface area contributed by atoms with Crippen LogP contribution in [0.25, 0.3) is 0 Å². The first-order valence-corrected chi connectivity index (χ1v) is 11.6. The number of benzene rings is 1. The standard InChI is InChI=1S/C25H39N3O3.C2H2/c1-6-9-15-28(8-3)16-14-27-25(30)21(5)11-13-24(18-26-19-29)31-23-12-10-20(4)22(7-2)17-23;1-2/h10-13,17,19H,6-9,14-16,18H2,1-5H3,(H,26,29)(H,27,30);1-2H/b21-11+,24-13+;. The highest BCUT2D eigenvalue weighted by molar-refractivity contribution is 5.93. The fourth-order valence-electron chi connectivity index (χ4n) is 3.09. The second-order valence-electron chi connectivity index (χ2n) is 7.57. The molecule has 0 spiro atoms. The number of aryl methyl sites for hydroxylation is 2. The van der Waals surface area contributed by atoms with Gasteiger partial charge in [0.15, 0.2) is 0 Å². The van der Waals surface area contributed by atoms with Gasteiger partial charge in [-0.3, -0.25) is 9.59 Å². The van der Waals surface area contributed by atoms with Crippen molar-refractivity contribution in [1.29, 1.82) is 0 Å². The van der Waals surface area contributed by atoms with E-state index in [4.69, 9.17) is 4.74 Å². The molecule has 0 unspecified atom stereocenters. The predicted octanol–water partition coefficient (Wildman–Crippen LogP) is 4.00. The lowest BCUT2D eigenvalue weighted by atomic mass is 10.1. The van der Waals surface area contributed by atoms with E-state index >= 15 is 0 Å². The summed E-state index contributed by atoms with van der Waals surface area (Å²) in [6.45, 7) is 14.0. The topological polar surface area (TPSA) is 70.7 Å². The van der Waals surface area contributed by atoms with Gasteiger partial charge < -0.3 is 20.3 Å². The zero-order valence-corrected chi connectivity index (χ0v) is 20.9. The van der Waals surface area contributed by atoms with Gasteiger partial charge in [0.2, 0.25) is 12.3 Å². The van der Waals surface area contributed by atoms with Crippen molar-refractivity contribution in [2.24, 2.45) is 0 Å². The molecule has 6 nitrogen and oxygen atoms in total. The molecule has 182 valence electrons. The minimum absolute atomic E-state index is 0.103. The van der Waals surface area contributed by atoms with E-state index in [1.54, 1.807) is 19.1 Å². The number of likely N-dealkylation sites (N-methyl/N-ethyl adjacent to an activating group) is 1. The first-order chi connectivity index (χ1) is 15.9. The second kappa shape index (κ2) is 18.5. The highest BCUT2D eigenvalue weighted by Gasteiger charge is 2.07. The summed E-state index contributed by atoms with van der Waals surface area (Å²) in [5.74, 6) is 1.17. The molecule has 0 saturated carbocycles. The number of amides is 2. The third kappa shape index (κ3) is 12.5. The first kappa shape index (κ1) is 30.0. The van der Waals surface area contributed by atoms with Crippen LogP contribution in [-0.2, 0) is 16.0 Å². The summed E-state index contributed by atoms with van der Waals surface area (Å²) < 4.78 is 5.97. The predicted molar refractivity (Wildman–Crippen MR) is 137 cm³/mol. The van der Waals surface area contributed by atoms with Crippen LogP contribution in [0.1, 0.15) is 51.7 Å². The molecule has 0 bridgehead atoms. The maximum absolute atomic E-state index is 12.4. The van der Waals surface area contributed by atoms with Crippen LogP contribution in [0, 0.1) is 19.8 Å². The van der Waals surface area contributed by atoms with Crippen molar-refractivity contribution < 1.29 is 14.3 Å². The summed E-state index contributed by atoms with van der Waals surface area (Å²) in [7, 11) is 0. The van der Waals surface area contributed by atoms with Crippen molar-refractivity contribution in [3.63, 3.8) is 0 Å². The number of terminal acetylenes is 1. The number of ether oxygens (including phenoxy) is 1. The summed E-state index contributed by atoms with van der Waals surface area (Å²) >= 11 is 0. The second-order valence-corrected chi connectivity index (χ2v) is 7.57. The molecule has 0 atom stereocenters. The van der Waals surface area contributed by atoms with Crippen LogP contribution in [-0.4, -0.2) is 49.9 Å². The first-order valence-electron chi connectivity index (χ1n) is 11.6. The summed E-state index contributed by atoms with van der Waals surface area (Å²) in [5.41, 5.74) is 3.02. The summed E-state index contributed by atoms with van der Waals surface area (Å²) in [4.78, 5) is 25.5. The third-order valence-electron chi connectivity index (χ3n) is 5.18. The summed E-state index contributed by atoms with van der Waals surface area (Å²) in [6, 6.07) is 5.93. The quantitative estimate of drug-likeness (QED) is 0.138. The van der Waals surface area contributed by atoms with Crippen LogP contribution in [0.3, 0.4) is 0 Å². The van der Waals surface area contributed by atoms with E-state index in [1.807, 2.05) is 18.2 Å². The number of hydrogen-bond acceptors (Lipinski definition) is 4. The van der Waals surface area contributed by atoms with Gasteiger partial charge in [-0.25, -0.2) is 0 Å². The van der Waals surface area contributed by atoms with Crippen LogP contribution < -0.4 is 15.4 Å². The third-order valence-corrected chi connectivity index (χ3v) is 5.18. The van der Waals surface area contributed by atoms with Crippen LogP contribution >= 0.6 is 0 Å². The Kier molecular flexibility index (Phi) is 16.8. The van der Waals surface area contributed by atoms with E-state index in [0.717, 1.165) is 26.1 Å². The largest absolute Gasteiger partial charge is 0.460 e. The van der Waals surface area contributed by atoms with E-state index in [9.17, 15) is 9.59 Å². The maximum atomic E-state index is 12.4. The van der Waals surface area contributed by atoms with E-state index in [0.29, 0.717) is 30.0 Å². The highest BCUT2D eigenvalue weighted by atomic mass is 16.5. The molecule has 0 aliphatic rings. The minimum Gasteiger partial charge on any atom is -0.460 e. The van der Waals surface area contributed by atoms with Crippen molar-refractivity contribution in [1.82, 2.24) is 15.5 Å². The number of rotatable bonds is 15. The van der Waals surface area contributed by atoms with Crippen LogP contribution in [0.2, 0.25) is 0 Å². The molecule has 1 aromatic rings. The van der Waals surface area contributed by atoms with Gasteiger partial charge in [0.25, 0.3) is 0 Å². The van der Waals surface area contributed by atoms with Gasteiger partial charge in [0.05, 0.1) is 6.54 Å². The van der Waals surface area contributed by atoms with E-state index in [1.165, 1.54) is 24.0 Å². The van der Waals surface area contributed by atoms with E-state index in [2.05, 4.69) is 56.1 Å². The highest BCUT2D eigenvalue weighted by Crippen LogP contribution is 2.20. The SMILES string of the molecule is C#C.CCCCN(CC)CCNC(=O)/C(C)=C/C=C(\CNC=O)Oc1ccc(C)c(CC)c1. The van der Waals surface area contributed by atoms with Crippen molar-refractivity contribution in [2.45, 2.75) is 53.9 Å². The van der Waals surface area contributed by atoms with Gasteiger partial charge in [-0.2, -0.15) is 0 Å². The molecule has 0 fully saturated rings. The van der Waals surface area contributed by atoms with Gasteiger partial charge in [-0.05, 0) is 69.1 Å². The van der Waals surface area contributed by atoms with Gasteiger partial charge in [-0.15, -0.1) is 12.8 Å². The lowest BCUT2D eigenvalue weighted by Crippen LogP contribution is -2.35. The Balaban J connectivity index is 0.00000497. The van der Waals surface area contributed by atoms with Crippen LogP contribution in [0.15, 0.2) is 41.7 Å². The molecule has 0 radical (unpaired) electrons. The Morgan fingerprint density at radius 3 is 2.48 bits per heavy atom. The number of nitrogens with one attached hydrogen (secondary N) is 2. The molecule has 6 heteroatoms. The smallest absolute Gasteiger partial charge is 0.246 e. The van der Waals surface area contributed by atoms with Crippen LogP contribution in [0.4, 0.5) is 0 Å². The Bertz CT molecular complexity index is 797. The van der Waals surface area contributed by atoms with Crippen LogP contribution in [0.5, 0.6) is 5.75 Å². The van der Waals surface area contributed by atoms with Crippen molar-refractivity contribution in [3.05, 3.63) is 52.8 Å². The fourth-order valence-corrected chi connectivity index (χ4v) is 3.09. The molecular formula is C27H41N3O3. The molecule has 33 heavy (non-hydrogen) atoms. The fraction of sp³-hybridized carbons (Fsp3) is 0.481. The summed E-state index contributed by atoms with van der Waals surface area (Å²) in [5, 5.41) is 5.59. The molecular weight excluding hydrogens is 414 g/mol. The number of carbonyl (C=O) groups excluding carboxylic acids is 2. The molecule has 1 aromatic carbocycles. The maximum Gasteiger partial charge on any atom is 0.246 e. The van der Waals surface area contributed by atoms with Gasteiger partial charge in [-0.1, -0.05) is 39.3 Å². The number of nitrogens with zero attached hydrogens (tertiary/aromatic N) is 1. The normalized spacial score (nSPS) is 11.4. The summed E-state index contributed by atoms with van der Waals surface area (Å²) in [6.07, 6.45) is 15.3. The lowest BCUT2D eigenvalue weighted by Gasteiger charge is -2.20. The number of hydrogen-bond donors (Lipinski definition) is 2. The molecule has 0 heterocycles. The van der Waals surface area contributed by atoms with Crippen molar-refractivity contribution in [3.8, 4) is 18.6 Å². The average molecular weight is 456 g/mol. The molecule has 0 aromatic heterocycles. The van der Waals surface area contributed by atoms with Gasteiger partial charge in [0, 0.05) is 18.7 Å². The number of unbranched alkanes of at least 4 members (excludes halogenated alkanes) is 1. The average Bonchev–Trinajstić information content (AvgIpc) is 2.84. The molecule has 1 rings (SSSR count). The monoisotopic (exact) mass is 455 g/mol. The molecule has 0 aliphatic carbocycles. The van der Waals surface area contributed by atoms with E-state index < -0.39 is 0 Å². The van der Waals surface area contributed by atoms with Gasteiger partial charge in [0.1, 0.15) is 11.5 Å². The Labute approximate surface area is 200 Å². The molecule has 2 N–H and O–H groups in total. The molecule has 2 amide bonds. The number of allylic oxidation sites excluding steroid dienone is 2. The Hall–Kier alpha value is -3.04. The van der Waals surface area contributed by atoms with Crippen molar-refractivity contribution >= 4 is 12.3 Å². The zero-order chi connectivity index (χ0) is 25.1. The zero-order valence-electron chi connectivity index (χ0n) is 20.9. The molecule has 0 aliphatic heterocycles. The minimum atomic E-state index is -0.103. The van der Waals surface area contributed by atoms with E-state index in [-0.39, 0.29) is 12.5 Å².